The molecule has 0 atom stereocenters. The van der Waals surface area contributed by atoms with E-state index in [9.17, 15) is 0 Å². The van der Waals surface area contributed by atoms with Crippen LogP contribution in [-0.2, 0) is 0 Å². The van der Waals surface area contributed by atoms with E-state index in [1.807, 2.05) is 6.33 Å². The highest BCUT2D eigenvalue weighted by Gasteiger charge is 2.20. The maximum absolute atomic E-state index is 4.36. The zero-order chi connectivity index (χ0) is 11.4. The van der Waals surface area contributed by atoms with Crippen molar-refractivity contribution in [3.8, 4) is 0 Å². The molecule has 1 N–H and O–H groups in total. The average molecular weight is 221 g/mol. The Bertz CT molecular complexity index is 309. The molecule has 0 aliphatic carbocycles. The van der Waals surface area contributed by atoms with Crippen LogP contribution in [0.1, 0.15) is 57.2 Å². The third-order valence-electron chi connectivity index (χ3n) is 3.80. The molecule has 2 heterocycles. The highest BCUT2D eigenvalue weighted by atomic mass is 15.1. The summed E-state index contributed by atoms with van der Waals surface area (Å²) in [4.78, 5) is 4.36. The van der Waals surface area contributed by atoms with Crippen molar-refractivity contribution < 1.29 is 0 Å². The number of hydrogen-bond donors (Lipinski definition) is 1. The van der Waals surface area contributed by atoms with Gasteiger partial charge in [0.05, 0.1) is 6.33 Å². The third kappa shape index (κ3) is 2.29. The van der Waals surface area contributed by atoms with Crippen molar-refractivity contribution >= 4 is 0 Å². The molecule has 0 radical (unpaired) electrons. The van der Waals surface area contributed by atoms with E-state index in [1.54, 1.807) is 0 Å². The van der Waals surface area contributed by atoms with E-state index >= 15 is 0 Å². The molecule has 0 amide bonds. The molecule has 2 rings (SSSR count). The lowest BCUT2D eigenvalue weighted by atomic mass is 9.98. The fourth-order valence-corrected chi connectivity index (χ4v) is 2.73. The van der Waals surface area contributed by atoms with E-state index in [2.05, 4.69) is 34.9 Å². The lowest BCUT2D eigenvalue weighted by Crippen LogP contribution is -2.30. The predicted molar refractivity (Wildman–Crippen MR) is 66.7 cm³/mol. The highest BCUT2D eigenvalue weighted by Crippen LogP contribution is 2.28. The van der Waals surface area contributed by atoms with Gasteiger partial charge in [0.25, 0.3) is 0 Å². The molecule has 1 saturated heterocycles. The van der Waals surface area contributed by atoms with Crippen molar-refractivity contribution in [3.63, 3.8) is 0 Å². The highest BCUT2D eigenvalue weighted by molar-refractivity contribution is 5.07. The monoisotopic (exact) mass is 221 g/mol. The van der Waals surface area contributed by atoms with Crippen molar-refractivity contribution in [2.75, 3.05) is 13.1 Å². The Morgan fingerprint density at radius 3 is 2.69 bits per heavy atom. The Labute approximate surface area is 98.3 Å². The molecule has 1 aliphatic rings. The Balaban J connectivity index is 2.16. The lowest BCUT2D eigenvalue weighted by molar-refractivity contribution is 0.354. The Hall–Kier alpha value is -0.830. The maximum atomic E-state index is 4.36. The van der Waals surface area contributed by atoms with Crippen molar-refractivity contribution in [3.05, 3.63) is 18.2 Å². The summed E-state index contributed by atoms with van der Waals surface area (Å²) in [5.41, 5.74) is 1.44. The summed E-state index contributed by atoms with van der Waals surface area (Å²) in [6.45, 7) is 6.83. The van der Waals surface area contributed by atoms with Gasteiger partial charge in [-0.1, -0.05) is 13.8 Å². The third-order valence-corrected chi connectivity index (χ3v) is 3.80. The van der Waals surface area contributed by atoms with Gasteiger partial charge in [-0.05, 0) is 38.8 Å². The number of rotatable bonds is 4. The van der Waals surface area contributed by atoms with Crippen molar-refractivity contribution in [1.82, 2.24) is 14.9 Å². The van der Waals surface area contributed by atoms with Gasteiger partial charge in [0.2, 0.25) is 0 Å². The van der Waals surface area contributed by atoms with Crippen LogP contribution in [-0.4, -0.2) is 22.6 Å². The van der Waals surface area contributed by atoms with Crippen LogP contribution < -0.4 is 5.32 Å². The first-order valence-corrected chi connectivity index (χ1v) is 6.59. The van der Waals surface area contributed by atoms with E-state index in [-0.39, 0.29) is 0 Å². The van der Waals surface area contributed by atoms with Gasteiger partial charge in [-0.25, -0.2) is 4.98 Å². The van der Waals surface area contributed by atoms with E-state index in [0.717, 1.165) is 13.1 Å². The van der Waals surface area contributed by atoms with Gasteiger partial charge in [-0.3, -0.25) is 0 Å². The van der Waals surface area contributed by atoms with Crippen LogP contribution in [0.5, 0.6) is 0 Å². The van der Waals surface area contributed by atoms with Crippen LogP contribution in [0.25, 0.3) is 0 Å². The van der Waals surface area contributed by atoms with Crippen molar-refractivity contribution in [2.45, 2.75) is 51.5 Å². The average Bonchev–Trinajstić information content (AvgIpc) is 2.81. The van der Waals surface area contributed by atoms with Crippen LogP contribution in [0.4, 0.5) is 0 Å². The molecular weight excluding hydrogens is 198 g/mol. The molecule has 1 fully saturated rings. The topological polar surface area (TPSA) is 29.9 Å². The first-order valence-electron chi connectivity index (χ1n) is 6.59. The second-order valence-electron chi connectivity index (χ2n) is 4.72. The van der Waals surface area contributed by atoms with Crippen molar-refractivity contribution in [1.29, 1.82) is 0 Å². The van der Waals surface area contributed by atoms with E-state index < -0.39 is 0 Å². The van der Waals surface area contributed by atoms with E-state index in [0.29, 0.717) is 12.0 Å². The minimum absolute atomic E-state index is 0.666. The number of imidazole rings is 1. The summed E-state index contributed by atoms with van der Waals surface area (Å²) >= 11 is 0. The normalized spacial score (nSPS) is 18.2. The van der Waals surface area contributed by atoms with Crippen LogP contribution in [0.3, 0.4) is 0 Å². The number of piperidine rings is 1. The lowest BCUT2D eigenvalue weighted by Gasteiger charge is -2.27. The Kier molecular flexibility index (Phi) is 3.99. The number of nitrogens with zero attached hydrogens (tertiary/aromatic N) is 2. The molecule has 1 aromatic heterocycles. The summed E-state index contributed by atoms with van der Waals surface area (Å²) < 4.78 is 2.43. The van der Waals surface area contributed by atoms with Gasteiger partial charge < -0.3 is 9.88 Å². The van der Waals surface area contributed by atoms with Crippen LogP contribution in [0, 0.1) is 0 Å². The van der Waals surface area contributed by atoms with Crippen LogP contribution in [0.2, 0.25) is 0 Å². The van der Waals surface area contributed by atoms with Crippen LogP contribution in [0.15, 0.2) is 12.5 Å². The summed E-state index contributed by atoms with van der Waals surface area (Å²) in [5.74, 6) is 0.678. The molecule has 0 unspecified atom stereocenters. The fourth-order valence-electron chi connectivity index (χ4n) is 2.73. The van der Waals surface area contributed by atoms with E-state index in [1.165, 1.54) is 31.4 Å². The Morgan fingerprint density at radius 1 is 1.38 bits per heavy atom. The summed E-state index contributed by atoms with van der Waals surface area (Å²) in [6.07, 6.45) is 9.01. The molecule has 0 saturated carbocycles. The summed E-state index contributed by atoms with van der Waals surface area (Å²) in [5, 5.41) is 3.42. The fraction of sp³-hybridized carbons (Fsp3) is 0.769. The SMILES string of the molecule is CCC(CC)c1cncn1C1CCNCC1. The zero-order valence-electron chi connectivity index (χ0n) is 10.4. The molecule has 3 nitrogen and oxygen atoms in total. The number of aromatic nitrogens is 2. The molecule has 0 spiro atoms. The van der Waals surface area contributed by atoms with Gasteiger partial charge in [0, 0.05) is 23.9 Å². The van der Waals surface area contributed by atoms with Gasteiger partial charge >= 0.3 is 0 Å². The summed E-state index contributed by atoms with van der Waals surface area (Å²) in [7, 11) is 0. The van der Waals surface area contributed by atoms with Gasteiger partial charge in [0.15, 0.2) is 0 Å². The molecule has 0 bridgehead atoms. The van der Waals surface area contributed by atoms with Gasteiger partial charge in [0.1, 0.15) is 0 Å². The van der Waals surface area contributed by atoms with Gasteiger partial charge in [-0.15, -0.1) is 0 Å². The largest absolute Gasteiger partial charge is 0.331 e. The number of nitrogens with one attached hydrogen (secondary N) is 1. The molecule has 90 valence electrons. The zero-order valence-corrected chi connectivity index (χ0v) is 10.4. The standard InChI is InChI=1S/C13H23N3/c1-3-11(4-2)13-9-15-10-16(13)12-5-7-14-8-6-12/h9-12,14H,3-8H2,1-2H3. The van der Waals surface area contributed by atoms with Gasteiger partial charge in [-0.2, -0.15) is 0 Å². The minimum atomic E-state index is 0.666. The molecule has 0 aromatic carbocycles. The minimum Gasteiger partial charge on any atom is -0.331 e. The smallest absolute Gasteiger partial charge is 0.0950 e. The molecule has 16 heavy (non-hydrogen) atoms. The maximum Gasteiger partial charge on any atom is 0.0950 e. The second kappa shape index (κ2) is 5.48. The Morgan fingerprint density at radius 2 is 2.06 bits per heavy atom. The predicted octanol–water partition coefficient (Wildman–Crippen LogP) is 2.71. The summed E-state index contributed by atoms with van der Waals surface area (Å²) in [6, 6.07) is 0.666. The quantitative estimate of drug-likeness (QED) is 0.847. The number of hydrogen-bond acceptors (Lipinski definition) is 2. The first-order chi connectivity index (χ1) is 7.86. The molecule has 3 heteroatoms. The van der Waals surface area contributed by atoms with E-state index in [4.69, 9.17) is 0 Å². The molecule has 1 aromatic rings. The van der Waals surface area contributed by atoms with Crippen LogP contribution >= 0.6 is 0 Å². The second-order valence-corrected chi connectivity index (χ2v) is 4.72. The first kappa shape index (κ1) is 11.6. The van der Waals surface area contributed by atoms with Crippen molar-refractivity contribution in [2.24, 2.45) is 0 Å². The molecular formula is C13H23N3. The molecule has 1 aliphatic heterocycles.